The monoisotopic (exact) mass is 261 g/mol. The minimum Gasteiger partial charge on any atom is -0.351 e. The van der Waals surface area contributed by atoms with Gasteiger partial charge in [0.15, 0.2) is 0 Å². The number of piperazine rings is 1. The lowest BCUT2D eigenvalue weighted by Gasteiger charge is -2.33. The first-order chi connectivity index (χ1) is 9.16. The summed E-state index contributed by atoms with van der Waals surface area (Å²) in [5.41, 5.74) is 2.41. The van der Waals surface area contributed by atoms with Crippen LogP contribution in [0.25, 0.3) is 0 Å². The molecule has 19 heavy (non-hydrogen) atoms. The molecule has 1 amide bonds. The number of aryl methyl sites for hydroxylation is 1. The fourth-order valence-corrected chi connectivity index (χ4v) is 2.36. The zero-order chi connectivity index (χ0) is 13.7. The molecular weight excluding hydrogens is 238 g/mol. The number of amides is 1. The van der Waals surface area contributed by atoms with E-state index < -0.39 is 0 Å². The molecule has 4 heteroatoms. The Kier molecular flexibility index (Phi) is 4.93. The van der Waals surface area contributed by atoms with Crippen molar-refractivity contribution in [1.29, 1.82) is 0 Å². The van der Waals surface area contributed by atoms with Crippen LogP contribution in [0.4, 0.5) is 0 Å². The SMILES string of the molecule is Cc1ccccc1CNC(=O)CN1CCNC[C@H]1C. The first-order valence-electron chi connectivity index (χ1n) is 6.93. The first-order valence-corrected chi connectivity index (χ1v) is 6.93. The van der Waals surface area contributed by atoms with Gasteiger partial charge in [-0.15, -0.1) is 0 Å². The van der Waals surface area contributed by atoms with E-state index in [1.165, 1.54) is 11.1 Å². The van der Waals surface area contributed by atoms with Crippen molar-refractivity contribution in [3.63, 3.8) is 0 Å². The van der Waals surface area contributed by atoms with Crippen molar-refractivity contribution in [2.24, 2.45) is 0 Å². The second-order valence-electron chi connectivity index (χ2n) is 5.23. The minimum atomic E-state index is 0.108. The van der Waals surface area contributed by atoms with Crippen molar-refractivity contribution in [2.45, 2.75) is 26.4 Å². The smallest absolute Gasteiger partial charge is 0.234 e. The number of nitrogens with zero attached hydrogens (tertiary/aromatic N) is 1. The summed E-state index contributed by atoms with van der Waals surface area (Å²) in [6.45, 7) is 8.21. The molecule has 0 bridgehead atoms. The van der Waals surface area contributed by atoms with Crippen LogP contribution in [0, 0.1) is 6.92 Å². The molecule has 2 N–H and O–H groups in total. The highest BCUT2D eigenvalue weighted by Gasteiger charge is 2.19. The molecule has 1 saturated heterocycles. The van der Waals surface area contributed by atoms with Crippen molar-refractivity contribution in [3.8, 4) is 0 Å². The molecule has 1 atom stereocenters. The van der Waals surface area contributed by atoms with Gasteiger partial charge in [0.25, 0.3) is 0 Å². The number of carbonyl (C=O) groups is 1. The second-order valence-corrected chi connectivity index (χ2v) is 5.23. The highest BCUT2D eigenvalue weighted by molar-refractivity contribution is 5.78. The van der Waals surface area contributed by atoms with Gasteiger partial charge < -0.3 is 10.6 Å². The quantitative estimate of drug-likeness (QED) is 0.846. The van der Waals surface area contributed by atoms with Crippen LogP contribution in [-0.2, 0) is 11.3 Å². The van der Waals surface area contributed by atoms with Gasteiger partial charge in [0.05, 0.1) is 6.54 Å². The van der Waals surface area contributed by atoms with Crippen molar-refractivity contribution in [1.82, 2.24) is 15.5 Å². The van der Waals surface area contributed by atoms with E-state index in [0.29, 0.717) is 19.1 Å². The van der Waals surface area contributed by atoms with E-state index in [1.807, 2.05) is 12.1 Å². The highest BCUT2D eigenvalue weighted by Crippen LogP contribution is 2.06. The zero-order valence-corrected chi connectivity index (χ0v) is 11.8. The summed E-state index contributed by atoms with van der Waals surface area (Å²) < 4.78 is 0. The number of hydrogen-bond donors (Lipinski definition) is 2. The second kappa shape index (κ2) is 6.68. The lowest BCUT2D eigenvalue weighted by molar-refractivity contribution is -0.123. The molecule has 1 aliphatic rings. The van der Waals surface area contributed by atoms with Crippen LogP contribution in [0.15, 0.2) is 24.3 Å². The maximum Gasteiger partial charge on any atom is 0.234 e. The molecule has 104 valence electrons. The molecular formula is C15H23N3O. The molecule has 0 saturated carbocycles. The number of carbonyl (C=O) groups excluding carboxylic acids is 1. The average Bonchev–Trinajstić information content (AvgIpc) is 2.40. The molecule has 1 aromatic rings. The van der Waals surface area contributed by atoms with Crippen LogP contribution in [-0.4, -0.2) is 43.0 Å². The van der Waals surface area contributed by atoms with Crippen molar-refractivity contribution >= 4 is 5.91 Å². The Morgan fingerprint density at radius 2 is 2.26 bits per heavy atom. The average molecular weight is 261 g/mol. The fraction of sp³-hybridized carbons (Fsp3) is 0.533. The molecule has 0 unspecified atom stereocenters. The predicted octanol–water partition coefficient (Wildman–Crippen LogP) is 0.905. The Morgan fingerprint density at radius 3 is 3.00 bits per heavy atom. The first kappa shape index (κ1) is 14.0. The topological polar surface area (TPSA) is 44.4 Å². The van der Waals surface area contributed by atoms with Gasteiger partial charge in [0.1, 0.15) is 0 Å². The van der Waals surface area contributed by atoms with Crippen LogP contribution in [0.1, 0.15) is 18.1 Å². The molecule has 0 radical (unpaired) electrons. The fourth-order valence-electron chi connectivity index (χ4n) is 2.36. The van der Waals surface area contributed by atoms with Gasteiger partial charge in [0, 0.05) is 32.2 Å². The van der Waals surface area contributed by atoms with Crippen LogP contribution < -0.4 is 10.6 Å². The number of benzene rings is 1. The van der Waals surface area contributed by atoms with E-state index >= 15 is 0 Å². The maximum atomic E-state index is 12.0. The Labute approximate surface area is 115 Å². The van der Waals surface area contributed by atoms with E-state index in [4.69, 9.17) is 0 Å². The summed E-state index contributed by atoms with van der Waals surface area (Å²) in [7, 11) is 0. The molecule has 1 heterocycles. The molecule has 2 rings (SSSR count). The predicted molar refractivity (Wildman–Crippen MR) is 76.9 cm³/mol. The van der Waals surface area contributed by atoms with E-state index in [-0.39, 0.29) is 5.91 Å². The summed E-state index contributed by atoms with van der Waals surface area (Å²) in [6.07, 6.45) is 0. The standard InChI is InChI=1S/C15H23N3O/c1-12-5-3-4-6-14(12)10-17-15(19)11-18-8-7-16-9-13(18)2/h3-6,13,16H,7-11H2,1-2H3,(H,17,19)/t13-/m1/s1. The third-order valence-electron chi connectivity index (χ3n) is 3.72. The highest BCUT2D eigenvalue weighted by atomic mass is 16.2. The summed E-state index contributed by atoms with van der Waals surface area (Å²) in [5.74, 6) is 0.108. The zero-order valence-electron chi connectivity index (χ0n) is 11.8. The molecule has 1 fully saturated rings. The largest absolute Gasteiger partial charge is 0.351 e. The van der Waals surface area contributed by atoms with E-state index in [9.17, 15) is 4.79 Å². The maximum absolute atomic E-state index is 12.0. The van der Waals surface area contributed by atoms with E-state index in [1.54, 1.807) is 0 Å². The van der Waals surface area contributed by atoms with Gasteiger partial charge in [-0.05, 0) is 25.0 Å². The Hall–Kier alpha value is -1.39. The summed E-state index contributed by atoms with van der Waals surface area (Å²) in [5, 5.41) is 6.34. The summed E-state index contributed by atoms with van der Waals surface area (Å²) >= 11 is 0. The van der Waals surface area contributed by atoms with Crippen molar-refractivity contribution < 1.29 is 4.79 Å². The van der Waals surface area contributed by atoms with Gasteiger partial charge in [-0.3, -0.25) is 9.69 Å². The van der Waals surface area contributed by atoms with Gasteiger partial charge in [0.2, 0.25) is 5.91 Å². The molecule has 0 spiro atoms. The van der Waals surface area contributed by atoms with Gasteiger partial charge in [-0.1, -0.05) is 24.3 Å². The van der Waals surface area contributed by atoms with Crippen molar-refractivity contribution in [2.75, 3.05) is 26.2 Å². The van der Waals surface area contributed by atoms with Gasteiger partial charge >= 0.3 is 0 Å². The van der Waals surface area contributed by atoms with Crippen LogP contribution in [0.3, 0.4) is 0 Å². The number of nitrogens with one attached hydrogen (secondary N) is 2. The normalized spacial score (nSPS) is 20.2. The van der Waals surface area contributed by atoms with Crippen LogP contribution in [0.5, 0.6) is 0 Å². The summed E-state index contributed by atoms with van der Waals surface area (Å²) in [4.78, 5) is 14.2. The Morgan fingerprint density at radius 1 is 1.47 bits per heavy atom. The van der Waals surface area contributed by atoms with Gasteiger partial charge in [-0.25, -0.2) is 0 Å². The van der Waals surface area contributed by atoms with E-state index in [2.05, 4.69) is 41.5 Å². The Balaban J connectivity index is 1.80. The third-order valence-corrected chi connectivity index (χ3v) is 3.72. The Bertz CT molecular complexity index is 433. The van der Waals surface area contributed by atoms with Crippen LogP contribution in [0.2, 0.25) is 0 Å². The number of hydrogen-bond acceptors (Lipinski definition) is 3. The molecule has 1 aromatic carbocycles. The van der Waals surface area contributed by atoms with E-state index in [0.717, 1.165) is 19.6 Å². The molecule has 4 nitrogen and oxygen atoms in total. The third kappa shape index (κ3) is 4.04. The van der Waals surface area contributed by atoms with Gasteiger partial charge in [-0.2, -0.15) is 0 Å². The van der Waals surface area contributed by atoms with Crippen molar-refractivity contribution in [3.05, 3.63) is 35.4 Å². The minimum absolute atomic E-state index is 0.108. The molecule has 0 aliphatic carbocycles. The lowest BCUT2D eigenvalue weighted by Crippen LogP contribution is -2.52. The number of rotatable bonds is 4. The lowest BCUT2D eigenvalue weighted by atomic mass is 10.1. The van der Waals surface area contributed by atoms with Crippen LogP contribution >= 0.6 is 0 Å². The summed E-state index contributed by atoms with van der Waals surface area (Å²) in [6, 6.07) is 8.58. The molecule has 1 aliphatic heterocycles. The molecule has 0 aromatic heterocycles.